The molecule has 0 saturated carbocycles. The highest BCUT2D eigenvalue weighted by Gasteiger charge is 2.41. The van der Waals surface area contributed by atoms with Gasteiger partial charge in [0.1, 0.15) is 0 Å². The molecule has 2 fully saturated rings. The summed E-state index contributed by atoms with van der Waals surface area (Å²) in [5.74, 6) is 0. The first-order valence-electron chi connectivity index (χ1n) is 6.15. The Morgan fingerprint density at radius 2 is 1.71 bits per heavy atom. The number of hydrogen-bond donors (Lipinski definition) is 0. The van der Waals surface area contributed by atoms with Gasteiger partial charge in [0.2, 0.25) is 0 Å². The van der Waals surface area contributed by atoms with Crippen LogP contribution in [-0.4, -0.2) is 49.6 Å². The quantitative estimate of drug-likeness (QED) is 0.636. The first kappa shape index (κ1) is 12.0. The smallest absolute Gasteiger partial charge is 0.00511 e. The van der Waals surface area contributed by atoms with Gasteiger partial charge in [-0.25, -0.2) is 0 Å². The Labute approximate surface area is 89.3 Å². The molecule has 2 aliphatic heterocycles. The van der Waals surface area contributed by atoms with Crippen molar-refractivity contribution in [2.45, 2.75) is 33.6 Å². The summed E-state index contributed by atoms with van der Waals surface area (Å²) in [4.78, 5) is 5.08. The van der Waals surface area contributed by atoms with Crippen LogP contribution in [0.25, 0.3) is 0 Å². The van der Waals surface area contributed by atoms with Gasteiger partial charge in [0, 0.05) is 13.1 Å². The van der Waals surface area contributed by atoms with E-state index in [1.54, 1.807) is 0 Å². The van der Waals surface area contributed by atoms with E-state index in [0.717, 1.165) is 0 Å². The molecule has 2 saturated heterocycles. The zero-order chi connectivity index (χ0) is 10.6. The molecule has 0 N–H and O–H groups in total. The highest BCUT2D eigenvalue weighted by Crippen LogP contribution is 2.38. The molecule has 84 valence electrons. The van der Waals surface area contributed by atoms with E-state index in [9.17, 15) is 0 Å². The van der Waals surface area contributed by atoms with Crippen LogP contribution in [0.1, 0.15) is 33.6 Å². The molecule has 2 aliphatic rings. The maximum atomic E-state index is 2.60. The van der Waals surface area contributed by atoms with Crippen LogP contribution in [0.15, 0.2) is 0 Å². The molecule has 0 radical (unpaired) electrons. The average Bonchev–Trinajstić information content (AvgIpc) is 2.78. The Morgan fingerprint density at radius 3 is 2.14 bits per heavy atom. The Hall–Kier alpha value is -0.0800. The summed E-state index contributed by atoms with van der Waals surface area (Å²) in [6.45, 7) is 12.9. The summed E-state index contributed by atoms with van der Waals surface area (Å²) in [6.07, 6.45) is 2.87. The summed E-state index contributed by atoms with van der Waals surface area (Å²) in [5, 5.41) is 0. The fourth-order valence-corrected chi connectivity index (χ4v) is 2.79. The van der Waals surface area contributed by atoms with Crippen molar-refractivity contribution in [2.24, 2.45) is 5.41 Å². The molecule has 1 unspecified atom stereocenters. The van der Waals surface area contributed by atoms with Gasteiger partial charge in [-0.15, -0.1) is 0 Å². The lowest BCUT2D eigenvalue weighted by Gasteiger charge is -2.23. The van der Waals surface area contributed by atoms with Crippen LogP contribution in [-0.2, 0) is 0 Å². The van der Waals surface area contributed by atoms with Crippen LogP contribution in [0.2, 0.25) is 0 Å². The Balaban J connectivity index is 0.000000461. The number of nitrogens with zero attached hydrogens (tertiary/aromatic N) is 2. The molecule has 0 aromatic carbocycles. The van der Waals surface area contributed by atoms with Gasteiger partial charge < -0.3 is 9.80 Å². The summed E-state index contributed by atoms with van der Waals surface area (Å²) in [7, 11) is 2.25. The zero-order valence-electron chi connectivity index (χ0n) is 10.3. The van der Waals surface area contributed by atoms with Gasteiger partial charge in [-0.3, -0.25) is 0 Å². The van der Waals surface area contributed by atoms with Gasteiger partial charge in [0.15, 0.2) is 0 Å². The minimum Gasteiger partial charge on any atom is -0.306 e. The van der Waals surface area contributed by atoms with Crippen molar-refractivity contribution in [1.29, 1.82) is 0 Å². The van der Waals surface area contributed by atoms with Crippen LogP contribution in [0, 0.1) is 5.41 Å². The van der Waals surface area contributed by atoms with Crippen molar-refractivity contribution in [2.75, 3.05) is 39.8 Å². The van der Waals surface area contributed by atoms with E-state index in [2.05, 4.69) is 23.8 Å². The van der Waals surface area contributed by atoms with Crippen molar-refractivity contribution < 1.29 is 0 Å². The molecule has 0 aromatic heterocycles. The highest BCUT2D eigenvalue weighted by molar-refractivity contribution is 4.95. The lowest BCUT2D eigenvalue weighted by molar-refractivity contribution is 0.261. The van der Waals surface area contributed by atoms with E-state index in [0.29, 0.717) is 5.41 Å². The highest BCUT2D eigenvalue weighted by atomic mass is 15.2. The molecule has 0 aromatic rings. The Morgan fingerprint density at radius 1 is 1.07 bits per heavy atom. The molecule has 2 heterocycles. The molecule has 14 heavy (non-hydrogen) atoms. The van der Waals surface area contributed by atoms with Gasteiger partial charge in [-0.05, 0) is 44.9 Å². The minimum atomic E-state index is 0.685. The second-order valence-electron chi connectivity index (χ2n) is 4.61. The second kappa shape index (κ2) is 5.13. The third-order valence-corrected chi connectivity index (χ3v) is 3.59. The van der Waals surface area contributed by atoms with Crippen LogP contribution in [0.5, 0.6) is 0 Å². The molecule has 2 nitrogen and oxygen atoms in total. The zero-order valence-corrected chi connectivity index (χ0v) is 10.3. The third-order valence-electron chi connectivity index (χ3n) is 3.59. The molecule has 1 atom stereocenters. The van der Waals surface area contributed by atoms with Gasteiger partial charge in [0.05, 0.1) is 0 Å². The van der Waals surface area contributed by atoms with Crippen molar-refractivity contribution >= 4 is 0 Å². The molecular weight excluding hydrogens is 172 g/mol. The van der Waals surface area contributed by atoms with Crippen LogP contribution in [0.3, 0.4) is 0 Å². The minimum absolute atomic E-state index is 0.685. The van der Waals surface area contributed by atoms with Crippen molar-refractivity contribution in [3.8, 4) is 0 Å². The SMILES string of the molecule is CC.CCN1CCC2(CCN(C)C2)C1. The molecule has 0 bridgehead atoms. The van der Waals surface area contributed by atoms with E-state index in [-0.39, 0.29) is 0 Å². The van der Waals surface area contributed by atoms with Crippen molar-refractivity contribution in [3.63, 3.8) is 0 Å². The van der Waals surface area contributed by atoms with E-state index >= 15 is 0 Å². The maximum absolute atomic E-state index is 2.60. The summed E-state index contributed by atoms with van der Waals surface area (Å²) < 4.78 is 0. The fourth-order valence-electron chi connectivity index (χ4n) is 2.79. The van der Waals surface area contributed by atoms with E-state index in [1.165, 1.54) is 45.6 Å². The number of hydrogen-bond acceptors (Lipinski definition) is 2. The summed E-state index contributed by atoms with van der Waals surface area (Å²) in [5.41, 5.74) is 0.685. The van der Waals surface area contributed by atoms with Gasteiger partial charge >= 0.3 is 0 Å². The summed E-state index contributed by atoms with van der Waals surface area (Å²) >= 11 is 0. The predicted molar refractivity (Wildman–Crippen MR) is 62.6 cm³/mol. The number of rotatable bonds is 1. The Kier molecular flexibility index (Phi) is 4.39. The lowest BCUT2D eigenvalue weighted by Crippen LogP contribution is -2.29. The van der Waals surface area contributed by atoms with Crippen LogP contribution < -0.4 is 0 Å². The first-order valence-corrected chi connectivity index (χ1v) is 6.15. The average molecular weight is 198 g/mol. The first-order chi connectivity index (χ1) is 6.74. The summed E-state index contributed by atoms with van der Waals surface area (Å²) in [6, 6.07) is 0. The van der Waals surface area contributed by atoms with Gasteiger partial charge in [-0.1, -0.05) is 20.8 Å². The molecular formula is C12H26N2. The van der Waals surface area contributed by atoms with Crippen LogP contribution in [0.4, 0.5) is 0 Å². The van der Waals surface area contributed by atoms with Crippen molar-refractivity contribution in [1.82, 2.24) is 9.80 Å². The second-order valence-corrected chi connectivity index (χ2v) is 4.61. The topological polar surface area (TPSA) is 6.48 Å². The standard InChI is InChI=1S/C10H20N2.C2H6/c1-3-12-7-5-10(9-12)4-6-11(2)8-10;1-2/h3-9H2,1-2H3;1-2H3. The molecule has 2 heteroatoms. The Bertz CT molecular complexity index is 170. The fraction of sp³-hybridized carbons (Fsp3) is 1.00. The molecule has 0 amide bonds. The molecule has 2 rings (SSSR count). The normalized spacial score (nSPS) is 33.4. The van der Waals surface area contributed by atoms with E-state index < -0.39 is 0 Å². The monoisotopic (exact) mass is 198 g/mol. The maximum Gasteiger partial charge on any atom is 0.00511 e. The van der Waals surface area contributed by atoms with Gasteiger partial charge in [-0.2, -0.15) is 0 Å². The predicted octanol–water partition coefficient (Wildman–Crippen LogP) is 2.06. The lowest BCUT2D eigenvalue weighted by atomic mass is 9.86. The third kappa shape index (κ3) is 2.48. The van der Waals surface area contributed by atoms with Crippen LogP contribution >= 0.6 is 0 Å². The van der Waals surface area contributed by atoms with Crippen molar-refractivity contribution in [3.05, 3.63) is 0 Å². The molecule has 1 spiro atoms. The van der Waals surface area contributed by atoms with Gasteiger partial charge in [0.25, 0.3) is 0 Å². The molecule has 0 aliphatic carbocycles. The number of likely N-dealkylation sites (tertiary alicyclic amines) is 2. The van der Waals surface area contributed by atoms with E-state index in [1.807, 2.05) is 13.8 Å². The largest absolute Gasteiger partial charge is 0.306 e. The van der Waals surface area contributed by atoms with E-state index in [4.69, 9.17) is 0 Å².